The lowest BCUT2D eigenvalue weighted by molar-refractivity contribution is 0.235. The van der Waals surface area contributed by atoms with Crippen molar-refractivity contribution in [1.82, 2.24) is 10.6 Å². The molecule has 1 atom stereocenters. The molecule has 0 radical (unpaired) electrons. The highest BCUT2D eigenvalue weighted by atomic mass is 16.5. The SMILES string of the molecule is COc1ccc(CNC(=O)NC2CCC(C)(C)C2)cc1OC. The number of nitrogens with one attached hydrogen (secondary N) is 2. The lowest BCUT2D eigenvalue weighted by Gasteiger charge is -2.18. The minimum atomic E-state index is -0.113. The van der Waals surface area contributed by atoms with Gasteiger partial charge in [-0.25, -0.2) is 4.79 Å². The van der Waals surface area contributed by atoms with Crippen LogP contribution in [0.15, 0.2) is 18.2 Å². The zero-order valence-corrected chi connectivity index (χ0v) is 13.9. The van der Waals surface area contributed by atoms with Crippen molar-refractivity contribution in [2.24, 2.45) is 5.41 Å². The van der Waals surface area contributed by atoms with Gasteiger partial charge in [0.05, 0.1) is 14.2 Å². The van der Waals surface area contributed by atoms with Crippen molar-refractivity contribution in [2.45, 2.75) is 45.7 Å². The van der Waals surface area contributed by atoms with E-state index in [0.717, 1.165) is 24.8 Å². The number of hydrogen-bond donors (Lipinski definition) is 2. The van der Waals surface area contributed by atoms with Gasteiger partial charge in [-0.15, -0.1) is 0 Å². The first-order valence-corrected chi connectivity index (χ1v) is 7.69. The highest BCUT2D eigenvalue weighted by Crippen LogP contribution is 2.36. The summed E-state index contributed by atoms with van der Waals surface area (Å²) in [7, 11) is 3.20. The van der Waals surface area contributed by atoms with E-state index in [1.54, 1.807) is 14.2 Å². The third-order valence-electron chi connectivity index (χ3n) is 4.20. The number of amides is 2. The molecule has 1 aromatic rings. The van der Waals surface area contributed by atoms with Gasteiger partial charge in [0.25, 0.3) is 0 Å². The van der Waals surface area contributed by atoms with Crippen LogP contribution in [0.2, 0.25) is 0 Å². The Labute approximate surface area is 132 Å². The predicted molar refractivity (Wildman–Crippen MR) is 86.3 cm³/mol. The Kier molecular flexibility index (Phi) is 5.16. The van der Waals surface area contributed by atoms with Gasteiger partial charge in [0.15, 0.2) is 11.5 Å². The van der Waals surface area contributed by atoms with Crippen molar-refractivity contribution >= 4 is 6.03 Å². The second kappa shape index (κ2) is 6.90. The van der Waals surface area contributed by atoms with Crippen LogP contribution in [0.1, 0.15) is 38.7 Å². The summed E-state index contributed by atoms with van der Waals surface area (Å²) < 4.78 is 10.5. The number of carbonyl (C=O) groups excluding carboxylic acids is 1. The van der Waals surface area contributed by atoms with Gasteiger partial charge >= 0.3 is 6.03 Å². The number of methoxy groups -OCH3 is 2. The van der Waals surface area contributed by atoms with Crippen LogP contribution in [-0.4, -0.2) is 26.3 Å². The number of urea groups is 1. The van der Waals surface area contributed by atoms with Crippen molar-refractivity contribution in [2.75, 3.05) is 14.2 Å². The predicted octanol–water partition coefficient (Wildman–Crippen LogP) is 3.08. The van der Waals surface area contributed by atoms with Gasteiger partial charge in [0.2, 0.25) is 0 Å². The Morgan fingerprint density at radius 1 is 1.27 bits per heavy atom. The summed E-state index contributed by atoms with van der Waals surface area (Å²) in [5, 5.41) is 5.95. The summed E-state index contributed by atoms with van der Waals surface area (Å²) in [5.41, 5.74) is 1.31. The molecule has 0 aliphatic heterocycles. The zero-order chi connectivity index (χ0) is 16.2. The molecule has 1 aromatic carbocycles. The molecule has 1 aliphatic rings. The minimum absolute atomic E-state index is 0.113. The van der Waals surface area contributed by atoms with Crippen LogP contribution < -0.4 is 20.1 Å². The molecule has 5 nitrogen and oxygen atoms in total. The molecule has 1 aliphatic carbocycles. The Morgan fingerprint density at radius 3 is 2.59 bits per heavy atom. The summed E-state index contributed by atoms with van der Waals surface area (Å²) in [6.45, 7) is 4.95. The molecule has 0 heterocycles. The summed E-state index contributed by atoms with van der Waals surface area (Å²) in [5.74, 6) is 1.35. The molecule has 5 heteroatoms. The largest absolute Gasteiger partial charge is 0.493 e. The molecular weight excluding hydrogens is 280 g/mol. The Hall–Kier alpha value is -1.91. The fraction of sp³-hybridized carbons (Fsp3) is 0.588. The first-order chi connectivity index (χ1) is 10.4. The van der Waals surface area contributed by atoms with Gasteiger partial charge in [0, 0.05) is 12.6 Å². The molecule has 1 unspecified atom stereocenters. The van der Waals surface area contributed by atoms with Gasteiger partial charge in [-0.3, -0.25) is 0 Å². The highest BCUT2D eigenvalue weighted by Gasteiger charge is 2.31. The molecule has 1 fully saturated rings. The Balaban J connectivity index is 1.84. The van der Waals surface area contributed by atoms with Crippen molar-refractivity contribution in [3.8, 4) is 11.5 Å². The first kappa shape index (κ1) is 16.5. The van der Waals surface area contributed by atoms with Gasteiger partial charge in [-0.05, 0) is 42.4 Å². The van der Waals surface area contributed by atoms with Crippen LogP contribution in [0.4, 0.5) is 4.79 Å². The summed E-state index contributed by atoms with van der Waals surface area (Å²) >= 11 is 0. The quantitative estimate of drug-likeness (QED) is 0.879. The number of rotatable bonds is 5. The molecular formula is C17H26N2O3. The van der Waals surface area contributed by atoms with Crippen molar-refractivity contribution < 1.29 is 14.3 Å². The maximum atomic E-state index is 12.0. The monoisotopic (exact) mass is 306 g/mol. The van der Waals surface area contributed by atoms with E-state index < -0.39 is 0 Å². The third-order valence-corrected chi connectivity index (χ3v) is 4.20. The number of benzene rings is 1. The average molecular weight is 306 g/mol. The first-order valence-electron chi connectivity index (χ1n) is 7.69. The van der Waals surface area contributed by atoms with E-state index in [1.165, 1.54) is 0 Å². The van der Waals surface area contributed by atoms with Crippen molar-refractivity contribution in [3.63, 3.8) is 0 Å². The second-order valence-corrected chi connectivity index (χ2v) is 6.62. The second-order valence-electron chi connectivity index (χ2n) is 6.62. The maximum Gasteiger partial charge on any atom is 0.315 e. The fourth-order valence-corrected chi connectivity index (χ4v) is 2.97. The van der Waals surface area contributed by atoms with E-state index in [-0.39, 0.29) is 12.1 Å². The molecule has 2 amide bonds. The molecule has 22 heavy (non-hydrogen) atoms. The van der Waals surface area contributed by atoms with Gasteiger partial charge < -0.3 is 20.1 Å². The standard InChI is InChI=1S/C17H26N2O3/c1-17(2)8-7-13(10-17)19-16(20)18-11-12-5-6-14(21-3)15(9-12)22-4/h5-6,9,13H,7-8,10-11H2,1-4H3,(H2,18,19,20). The Morgan fingerprint density at radius 2 is 2.00 bits per heavy atom. The van der Waals surface area contributed by atoms with Crippen LogP contribution in [0.25, 0.3) is 0 Å². The van der Waals surface area contributed by atoms with E-state index in [9.17, 15) is 4.79 Å². The van der Waals surface area contributed by atoms with Crippen LogP contribution in [-0.2, 0) is 6.54 Å². The topological polar surface area (TPSA) is 59.6 Å². The molecule has 1 saturated carbocycles. The van der Waals surface area contributed by atoms with Gasteiger partial charge in [-0.1, -0.05) is 19.9 Å². The molecule has 0 spiro atoms. The lowest BCUT2D eigenvalue weighted by Crippen LogP contribution is -2.40. The van der Waals surface area contributed by atoms with Crippen molar-refractivity contribution in [1.29, 1.82) is 0 Å². The number of hydrogen-bond acceptors (Lipinski definition) is 3. The van der Waals surface area contributed by atoms with Crippen LogP contribution >= 0.6 is 0 Å². The zero-order valence-electron chi connectivity index (χ0n) is 13.9. The molecule has 2 rings (SSSR count). The molecule has 0 bridgehead atoms. The van der Waals surface area contributed by atoms with E-state index in [0.29, 0.717) is 23.5 Å². The fourth-order valence-electron chi connectivity index (χ4n) is 2.97. The van der Waals surface area contributed by atoms with Crippen LogP contribution in [0, 0.1) is 5.41 Å². The molecule has 0 aromatic heterocycles. The van der Waals surface area contributed by atoms with Crippen LogP contribution in [0.5, 0.6) is 11.5 Å². The number of carbonyl (C=O) groups is 1. The smallest absolute Gasteiger partial charge is 0.315 e. The summed E-state index contributed by atoms with van der Waals surface area (Å²) in [6.07, 6.45) is 3.25. The van der Waals surface area contributed by atoms with Gasteiger partial charge in [0.1, 0.15) is 0 Å². The summed E-state index contributed by atoms with van der Waals surface area (Å²) in [6, 6.07) is 5.80. The third kappa shape index (κ3) is 4.29. The molecule has 2 N–H and O–H groups in total. The highest BCUT2D eigenvalue weighted by molar-refractivity contribution is 5.74. The van der Waals surface area contributed by atoms with Crippen LogP contribution in [0.3, 0.4) is 0 Å². The molecule has 0 saturated heterocycles. The lowest BCUT2D eigenvalue weighted by atomic mass is 9.92. The van der Waals surface area contributed by atoms with E-state index >= 15 is 0 Å². The van der Waals surface area contributed by atoms with E-state index in [1.807, 2.05) is 18.2 Å². The Bertz CT molecular complexity index is 529. The normalized spacial score (nSPS) is 19.5. The molecule has 122 valence electrons. The van der Waals surface area contributed by atoms with E-state index in [4.69, 9.17) is 9.47 Å². The summed E-state index contributed by atoms with van der Waals surface area (Å²) in [4.78, 5) is 12.0. The van der Waals surface area contributed by atoms with Crippen molar-refractivity contribution in [3.05, 3.63) is 23.8 Å². The van der Waals surface area contributed by atoms with Gasteiger partial charge in [-0.2, -0.15) is 0 Å². The maximum absolute atomic E-state index is 12.0. The average Bonchev–Trinajstić information content (AvgIpc) is 2.83. The number of ether oxygens (including phenoxy) is 2. The van der Waals surface area contributed by atoms with E-state index in [2.05, 4.69) is 24.5 Å². The minimum Gasteiger partial charge on any atom is -0.493 e.